The number of carbonyl (C=O) groups excluding carboxylic acids is 2. The Morgan fingerprint density at radius 2 is 2.15 bits per heavy atom. The fourth-order valence-electron chi connectivity index (χ4n) is 2.53. The Kier molecular flexibility index (Phi) is 4.01. The molecule has 0 atom stereocenters. The normalized spacial score (nSPS) is 15.9. The van der Waals surface area contributed by atoms with E-state index in [0.717, 1.165) is 11.3 Å². The zero-order valence-corrected chi connectivity index (χ0v) is 12.3. The molecule has 0 spiro atoms. The van der Waals surface area contributed by atoms with Crippen LogP contribution in [-0.2, 0) is 15.0 Å². The van der Waals surface area contributed by atoms with E-state index >= 15 is 0 Å². The maximum absolute atomic E-state index is 12.3. The van der Waals surface area contributed by atoms with Crippen molar-refractivity contribution in [3.63, 3.8) is 0 Å². The average molecular weight is 296 g/mol. The number of hydrogen-bond acceptors (Lipinski definition) is 3. The van der Waals surface area contributed by atoms with E-state index in [1.807, 2.05) is 32.0 Å². The van der Waals surface area contributed by atoms with Crippen molar-refractivity contribution in [2.45, 2.75) is 19.3 Å². The fourth-order valence-corrected chi connectivity index (χ4v) is 2.96. The van der Waals surface area contributed by atoms with Crippen LogP contribution in [0.25, 0.3) is 0 Å². The van der Waals surface area contributed by atoms with E-state index in [4.69, 9.17) is 17.3 Å². The first-order valence-electron chi connectivity index (χ1n) is 6.43. The van der Waals surface area contributed by atoms with E-state index in [9.17, 15) is 9.59 Å². The SMILES string of the molecule is CC1(C)CN(C(=O)CNC(=O)CN)c2cccc(Cl)c21. The molecule has 1 aromatic rings. The van der Waals surface area contributed by atoms with Gasteiger partial charge in [0.25, 0.3) is 0 Å². The Hall–Kier alpha value is -1.59. The average Bonchev–Trinajstić information content (AvgIpc) is 2.68. The summed E-state index contributed by atoms with van der Waals surface area (Å²) in [5.74, 6) is -0.510. The van der Waals surface area contributed by atoms with E-state index in [-0.39, 0.29) is 30.3 Å². The molecule has 2 rings (SSSR count). The Morgan fingerprint density at radius 3 is 2.80 bits per heavy atom. The lowest BCUT2D eigenvalue weighted by Crippen LogP contribution is -2.42. The summed E-state index contributed by atoms with van der Waals surface area (Å²) in [5, 5.41) is 3.15. The van der Waals surface area contributed by atoms with Gasteiger partial charge in [-0.15, -0.1) is 0 Å². The molecule has 1 aromatic carbocycles. The highest BCUT2D eigenvalue weighted by molar-refractivity contribution is 6.32. The van der Waals surface area contributed by atoms with Gasteiger partial charge in [0.1, 0.15) is 0 Å². The third-order valence-corrected chi connectivity index (χ3v) is 3.75. The highest BCUT2D eigenvalue weighted by Gasteiger charge is 2.39. The summed E-state index contributed by atoms with van der Waals surface area (Å²) in [6.45, 7) is 4.45. The van der Waals surface area contributed by atoms with Gasteiger partial charge in [-0.05, 0) is 12.1 Å². The smallest absolute Gasteiger partial charge is 0.246 e. The van der Waals surface area contributed by atoms with E-state index in [1.54, 1.807) is 4.90 Å². The molecular formula is C14H18ClN3O2. The van der Waals surface area contributed by atoms with Crippen LogP contribution in [0.15, 0.2) is 18.2 Å². The number of nitrogens with one attached hydrogen (secondary N) is 1. The van der Waals surface area contributed by atoms with Gasteiger partial charge in [0.2, 0.25) is 11.8 Å². The van der Waals surface area contributed by atoms with Gasteiger partial charge in [-0.1, -0.05) is 31.5 Å². The van der Waals surface area contributed by atoms with E-state index in [2.05, 4.69) is 5.32 Å². The van der Waals surface area contributed by atoms with Crippen molar-refractivity contribution in [2.24, 2.45) is 5.73 Å². The highest BCUT2D eigenvalue weighted by atomic mass is 35.5. The van der Waals surface area contributed by atoms with Crippen LogP contribution in [0.3, 0.4) is 0 Å². The number of amides is 2. The van der Waals surface area contributed by atoms with Gasteiger partial charge in [-0.3, -0.25) is 9.59 Å². The summed E-state index contributed by atoms with van der Waals surface area (Å²) in [6.07, 6.45) is 0. The van der Waals surface area contributed by atoms with Crippen LogP contribution in [0.2, 0.25) is 5.02 Å². The number of carbonyl (C=O) groups is 2. The number of nitrogens with zero attached hydrogens (tertiary/aromatic N) is 1. The minimum atomic E-state index is -0.344. The molecule has 5 nitrogen and oxygen atoms in total. The zero-order valence-electron chi connectivity index (χ0n) is 11.6. The molecule has 20 heavy (non-hydrogen) atoms. The van der Waals surface area contributed by atoms with Gasteiger partial charge >= 0.3 is 0 Å². The molecule has 3 N–H and O–H groups in total. The molecule has 1 heterocycles. The molecule has 0 aliphatic carbocycles. The van der Waals surface area contributed by atoms with Gasteiger partial charge in [0.05, 0.1) is 13.1 Å². The van der Waals surface area contributed by atoms with Crippen LogP contribution in [0.4, 0.5) is 5.69 Å². The quantitative estimate of drug-likeness (QED) is 0.875. The maximum Gasteiger partial charge on any atom is 0.246 e. The molecule has 1 aliphatic heterocycles. The second kappa shape index (κ2) is 5.42. The second-order valence-electron chi connectivity index (χ2n) is 5.48. The monoisotopic (exact) mass is 295 g/mol. The third kappa shape index (κ3) is 2.64. The molecule has 0 fully saturated rings. The van der Waals surface area contributed by atoms with Gasteiger partial charge in [0.15, 0.2) is 0 Å². The number of nitrogens with two attached hydrogens (primary N) is 1. The number of rotatable bonds is 3. The molecule has 0 aromatic heterocycles. The number of benzene rings is 1. The van der Waals surface area contributed by atoms with Crippen molar-refractivity contribution < 1.29 is 9.59 Å². The van der Waals surface area contributed by atoms with Crippen molar-refractivity contribution in [1.29, 1.82) is 0 Å². The van der Waals surface area contributed by atoms with Crippen molar-refractivity contribution in [1.82, 2.24) is 5.32 Å². The summed E-state index contributed by atoms with van der Waals surface area (Å²) in [7, 11) is 0. The highest BCUT2D eigenvalue weighted by Crippen LogP contribution is 2.44. The number of anilines is 1. The lowest BCUT2D eigenvalue weighted by atomic mass is 9.87. The van der Waals surface area contributed by atoms with Gasteiger partial charge in [0, 0.05) is 28.2 Å². The van der Waals surface area contributed by atoms with Gasteiger partial charge < -0.3 is 16.0 Å². The number of hydrogen-bond donors (Lipinski definition) is 2. The summed E-state index contributed by atoms with van der Waals surface area (Å²) in [5.41, 5.74) is 6.78. The molecule has 0 radical (unpaired) electrons. The molecule has 6 heteroatoms. The Labute approximate surface area is 123 Å². The van der Waals surface area contributed by atoms with Crippen LogP contribution >= 0.6 is 11.6 Å². The Balaban J connectivity index is 2.23. The predicted octanol–water partition coefficient (Wildman–Crippen LogP) is 1.04. The van der Waals surface area contributed by atoms with E-state index < -0.39 is 0 Å². The minimum Gasteiger partial charge on any atom is -0.346 e. The Bertz CT molecular complexity index is 557. The first-order valence-corrected chi connectivity index (χ1v) is 6.81. The molecule has 0 unspecified atom stereocenters. The molecular weight excluding hydrogens is 278 g/mol. The largest absolute Gasteiger partial charge is 0.346 e. The van der Waals surface area contributed by atoms with E-state index in [1.165, 1.54) is 0 Å². The lowest BCUT2D eigenvalue weighted by molar-refractivity contribution is -0.124. The zero-order chi connectivity index (χ0) is 14.9. The van der Waals surface area contributed by atoms with E-state index in [0.29, 0.717) is 11.6 Å². The molecule has 108 valence electrons. The van der Waals surface area contributed by atoms with Crippen LogP contribution < -0.4 is 16.0 Å². The standard InChI is InChI=1S/C14H18ClN3O2/c1-14(2)8-18(12(20)7-17-11(19)6-16)10-5-3-4-9(15)13(10)14/h3-5H,6-8,16H2,1-2H3,(H,17,19). The fraction of sp³-hybridized carbons (Fsp3) is 0.429. The summed E-state index contributed by atoms with van der Waals surface area (Å²) >= 11 is 6.25. The summed E-state index contributed by atoms with van der Waals surface area (Å²) < 4.78 is 0. The van der Waals surface area contributed by atoms with Crippen molar-refractivity contribution in [2.75, 3.05) is 24.5 Å². The van der Waals surface area contributed by atoms with Crippen molar-refractivity contribution in [3.05, 3.63) is 28.8 Å². The second-order valence-corrected chi connectivity index (χ2v) is 5.89. The lowest BCUT2D eigenvalue weighted by Gasteiger charge is -2.21. The van der Waals surface area contributed by atoms with Crippen molar-refractivity contribution in [3.8, 4) is 0 Å². The van der Waals surface area contributed by atoms with Crippen LogP contribution in [0, 0.1) is 0 Å². The Morgan fingerprint density at radius 1 is 1.45 bits per heavy atom. The van der Waals surface area contributed by atoms with Gasteiger partial charge in [-0.25, -0.2) is 0 Å². The molecule has 2 amide bonds. The molecule has 0 bridgehead atoms. The number of halogens is 1. The maximum atomic E-state index is 12.3. The van der Waals surface area contributed by atoms with Crippen molar-refractivity contribution >= 4 is 29.1 Å². The summed E-state index contributed by atoms with van der Waals surface area (Å²) in [4.78, 5) is 25.0. The van der Waals surface area contributed by atoms with Gasteiger partial charge in [-0.2, -0.15) is 0 Å². The first-order chi connectivity index (χ1) is 9.36. The van der Waals surface area contributed by atoms with Crippen LogP contribution in [0.5, 0.6) is 0 Å². The number of fused-ring (bicyclic) bond motifs is 1. The summed E-state index contributed by atoms with van der Waals surface area (Å²) in [6, 6.07) is 5.52. The molecule has 0 saturated carbocycles. The third-order valence-electron chi connectivity index (χ3n) is 3.44. The first kappa shape index (κ1) is 14.8. The molecule has 1 aliphatic rings. The molecule has 0 saturated heterocycles. The topological polar surface area (TPSA) is 75.4 Å². The predicted molar refractivity (Wildman–Crippen MR) is 78.9 cm³/mol. The van der Waals surface area contributed by atoms with Crippen LogP contribution in [-0.4, -0.2) is 31.4 Å². The minimum absolute atomic E-state index is 0.0575. The van der Waals surface area contributed by atoms with Crippen LogP contribution in [0.1, 0.15) is 19.4 Å².